The van der Waals surface area contributed by atoms with Crippen LogP contribution in [-0.2, 0) is 23.1 Å². The molecule has 1 N–H and O–H groups in total. The fourth-order valence-electron chi connectivity index (χ4n) is 8.70. The molecule has 2 aromatic carbocycles. The summed E-state index contributed by atoms with van der Waals surface area (Å²) in [5, 5.41) is 12.2. The minimum atomic E-state index is -0.703. The van der Waals surface area contributed by atoms with Gasteiger partial charge in [0.25, 0.3) is 0 Å². The summed E-state index contributed by atoms with van der Waals surface area (Å²) in [4.78, 5) is 21.3. The van der Waals surface area contributed by atoms with E-state index in [1.165, 1.54) is 13.2 Å². The number of hydrogen-bond acceptors (Lipinski definition) is 6. The molecule has 1 aromatic heterocycles. The van der Waals surface area contributed by atoms with Crippen molar-refractivity contribution in [2.45, 2.75) is 63.5 Å². The van der Waals surface area contributed by atoms with E-state index in [9.17, 15) is 13.6 Å². The van der Waals surface area contributed by atoms with E-state index in [0.717, 1.165) is 81.7 Å². The number of rotatable bonds is 10. The molecule has 6 rings (SSSR count). The van der Waals surface area contributed by atoms with E-state index in [0.29, 0.717) is 19.6 Å². The molecule has 47 heavy (non-hydrogen) atoms. The van der Waals surface area contributed by atoms with Gasteiger partial charge in [0.15, 0.2) is 11.6 Å². The molecular weight excluding hydrogens is 605 g/mol. The lowest BCUT2D eigenvalue weighted by molar-refractivity contribution is 0.0541. The second kappa shape index (κ2) is 14.0. The standard InChI is InChI=1S/C36H43F3N6O2/c1-3-33-41-12-15-44(33)23-36(27-6-4-7-28(37)18-27,29-8-5-9-32(29)42-35(46)47-2)26-10-13-43(14-11-26)20-25-21-45(22-25)34-30(38)16-24(19-40)17-31(34)39/h4,6-7,12,15-18,25-26,29,32H,3,5,8-11,13-14,20-23H2,1-2H3,(H,42,46)/t29-,32-,36?/m0/s1. The molecule has 3 aromatic rings. The van der Waals surface area contributed by atoms with Crippen molar-refractivity contribution in [2.24, 2.45) is 17.8 Å². The topological polar surface area (TPSA) is 86.4 Å². The Morgan fingerprint density at radius 3 is 2.51 bits per heavy atom. The second-order valence-corrected chi connectivity index (χ2v) is 13.4. The van der Waals surface area contributed by atoms with Crippen molar-refractivity contribution in [1.29, 1.82) is 5.26 Å². The Balaban J connectivity index is 1.23. The first-order chi connectivity index (χ1) is 22.7. The van der Waals surface area contributed by atoms with Crippen molar-refractivity contribution in [1.82, 2.24) is 19.8 Å². The molecule has 8 nitrogen and oxygen atoms in total. The second-order valence-electron chi connectivity index (χ2n) is 13.4. The maximum Gasteiger partial charge on any atom is 0.407 e. The number of hydrogen-bond donors (Lipinski definition) is 1. The SMILES string of the molecule is CCc1nccn1CC(c1cccc(F)c1)(C1CCN(CC2CN(c3c(F)cc(C#N)cc3F)C2)CC1)[C@H]1CCC[C@@H]1NC(=O)OC. The Hall–Kier alpha value is -4.04. The maximum absolute atomic E-state index is 15.0. The number of likely N-dealkylation sites (tertiary alicyclic amines) is 1. The lowest BCUT2D eigenvalue weighted by Crippen LogP contribution is -2.56. The van der Waals surface area contributed by atoms with Crippen LogP contribution in [0.4, 0.5) is 23.7 Å². The summed E-state index contributed by atoms with van der Waals surface area (Å²) in [6, 6.07) is 10.9. The van der Waals surface area contributed by atoms with Crippen LogP contribution in [0.3, 0.4) is 0 Å². The van der Waals surface area contributed by atoms with Crippen molar-refractivity contribution in [3.8, 4) is 6.07 Å². The summed E-state index contributed by atoms with van der Waals surface area (Å²) in [6.45, 7) is 6.35. The van der Waals surface area contributed by atoms with Crippen LogP contribution in [0.1, 0.15) is 56.0 Å². The number of aryl methyl sites for hydroxylation is 1. The van der Waals surface area contributed by atoms with Gasteiger partial charge in [-0.1, -0.05) is 25.5 Å². The van der Waals surface area contributed by atoms with Gasteiger partial charge in [-0.3, -0.25) is 0 Å². The average molecular weight is 649 g/mol. The molecule has 3 heterocycles. The third-order valence-corrected chi connectivity index (χ3v) is 10.8. The Morgan fingerprint density at radius 1 is 1.11 bits per heavy atom. The molecule has 2 aliphatic heterocycles. The van der Waals surface area contributed by atoms with E-state index in [1.807, 2.05) is 12.4 Å². The fraction of sp³-hybridized carbons (Fsp3) is 0.528. The molecule has 0 bridgehead atoms. The molecule has 0 spiro atoms. The number of carbonyl (C=O) groups excluding carboxylic acids is 1. The number of benzene rings is 2. The molecule has 1 amide bonds. The first kappa shape index (κ1) is 32.9. The number of alkyl carbamates (subject to hydrolysis) is 1. The maximum atomic E-state index is 15.0. The Morgan fingerprint density at radius 2 is 1.85 bits per heavy atom. The number of piperidine rings is 1. The fourth-order valence-corrected chi connectivity index (χ4v) is 8.70. The van der Waals surface area contributed by atoms with E-state index in [4.69, 9.17) is 10.00 Å². The third kappa shape index (κ3) is 6.57. The summed E-state index contributed by atoms with van der Waals surface area (Å²) >= 11 is 0. The van der Waals surface area contributed by atoms with E-state index < -0.39 is 23.1 Å². The third-order valence-electron chi connectivity index (χ3n) is 10.8. The highest BCUT2D eigenvalue weighted by atomic mass is 19.1. The van der Waals surface area contributed by atoms with Crippen LogP contribution in [0.2, 0.25) is 0 Å². The molecule has 3 fully saturated rings. The normalized spacial score (nSPS) is 22.0. The number of ether oxygens (including phenoxy) is 1. The van der Waals surface area contributed by atoms with Crippen molar-refractivity contribution >= 4 is 11.8 Å². The van der Waals surface area contributed by atoms with E-state index >= 15 is 4.39 Å². The minimum absolute atomic E-state index is 0.0260. The Labute approximate surface area is 274 Å². The first-order valence-electron chi connectivity index (χ1n) is 16.7. The van der Waals surface area contributed by atoms with Gasteiger partial charge < -0.3 is 24.4 Å². The summed E-state index contributed by atoms with van der Waals surface area (Å²) in [5.74, 6) is -0.164. The highest BCUT2D eigenvalue weighted by Gasteiger charge is 2.52. The molecule has 2 saturated heterocycles. The zero-order valence-electron chi connectivity index (χ0n) is 27.1. The number of halogens is 3. The van der Waals surface area contributed by atoms with Crippen LogP contribution in [-0.4, -0.2) is 66.4 Å². The molecule has 1 saturated carbocycles. The smallest absolute Gasteiger partial charge is 0.407 e. The number of aromatic nitrogens is 2. The minimum Gasteiger partial charge on any atom is -0.453 e. The number of imidazole rings is 1. The predicted octanol–water partition coefficient (Wildman–Crippen LogP) is 6.05. The van der Waals surface area contributed by atoms with Gasteiger partial charge in [-0.25, -0.2) is 22.9 Å². The number of nitrogens with one attached hydrogen (secondary N) is 1. The van der Waals surface area contributed by atoms with Crippen LogP contribution in [0, 0.1) is 46.5 Å². The Kier molecular flexibility index (Phi) is 9.78. The van der Waals surface area contributed by atoms with Crippen LogP contribution in [0.15, 0.2) is 48.8 Å². The van der Waals surface area contributed by atoms with Gasteiger partial charge in [-0.2, -0.15) is 5.26 Å². The number of carbonyl (C=O) groups is 1. The number of amides is 1. The first-order valence-corrected chi connectivity index (χ1v) is 16.7. The average Bonchev–Trinajstić information content (AvgIpc) is 3.71. The lowest BCUT2D eigenvalue weighted by atomic mass is 9.58. The van der Waals surface area contributed by atoms with Gasteiger partial charge in [0.05, 0.1) is 18.7 Å². The lowest BCUT2D eigenvalue weighted by Gasteiger charge is -2.51. The highest BCUT2D eigenvalue weighted by Crippen LogP contribution is 2.52. The zero-order valence-corrected chi connectivity index (χ0v) is 27.1. The predicted molar refractivity (Wildman–Crippen MR) is 172 cm³/mol. The number of methoxy groups -OCH3 is 1. The molecular formula is C36H43F3N6O2. The van der Waals surface area contributed by atoms with Gasteiger partial charge in [0.1, 0.15) is 17.3 Å². The Bertz CT molecular complexity index is 1590. The van der Waals surface area contributed by atoms with E-state index in [2.05, 4.69) is 32.8 Å². The van der Waals surface area contributed by atoms with Crippen LogP contribution >= 0.6 is 0 Å². The van der Waals surface area contributed by atoms with Crippen LogP contribution < -0.4 is 10.2 Å². The van der Waals surface area contributed by atoms with Gasteiger partial charge >= 0.3 is 6.09 Å². The molecule has 0 radical (unpaired) electrons. The van der Waals surface area contributed by atoms with E-state index in [1.54, 1.807) is 23.1 Å². The highest BCUT2D eigenvalue weighted by molar-refractivity contribution is 5.67. The summed E-state index contributed by atoms with van der Waals surface area (Å²) in [5.41, 5.74) is 0.397. The van der Waals surface area contributed by atoms with Crippen molar-refractivity contribution in [2.75, 3.05) is 44.7 Å². The molecule has 250 valence electrons. The van der Waals surface area contributed by atoms with Gasteiger partial charge in [0.2, 0.25) is 0 Å². The largest absolute Gasteiger partial charge is 0.453 e. The van der Waals surface area contributed by atoms with Crippen molar-refractivity contribution in [3.63, 3.8) is 0 Å². The molecule has 1 aliphatic carbocycles. The monoisotopic (exact) mass is 648 g/mol. The van der Waals surface area contributed by atoms with Gasteiger partial charge in [-0.05, 0) is 80.4 Å². The molecule has 3 aliphatic rings. The summed E-state index contributed by atoms with van der Waals surface area (Å²) < 4.78 is 51.5. The molecule has 1 unspecified atom stereocenters. The quantitative estimate of drug-likeness (QED) is 0.288. The van der Waals surface area contributed by atoms with Gasteiger partial charge in [0, 0.05) is 62.4 Å². The summed E-state index contributed by atoms with van der Waals surface area (Å²) in [7, 11) is 1.38. The number of anilines is 1. The molecule has 3 atom stereocenters. The number of nitrogens with zero attached hydrogens (tertiary/aromatic N) is 5. The van der Waals surface area contributed by atoms with Crippen molar-refractivity contribution in [3.05, 3.63) is 83.2 Å². The van der Waals surface area contributed by atoms with Crippen LogP contribution in [0.25, 0.3) is 0 Å². The van der Waals surface area contributed by atoms with Gasteiger partial charge in [-0.15, -0.1) is 0 Å². The van der Waals surface area contributed by atoms with Crippen LogP contribution in [0.5, 0.6) is 0 Å². The number of nitriles is 1. The summed E-state index contributed by atoms with van der Waals surface area (Å²) in [6.07, 6.45) is 8.65. The zero-order chi connectivity index (χ0) is 33.1. The van der Waals surface area contributed by atoms with Crippen molar-refractivity contribution < 1.29 is 22.7 Å². The molecule has 11 heteroatoms. The van der Waals surface area contributed by atoms with E-state index in [-0.39, 0.29) is 40.9 Å².